The van der Waals surface area contributed by atoms with E-state index >= 15 is 0 Å². The van der Waals surface area contributed by atoms with Crippen molar-refractivity contribution in [3.63, 3.8) is 0 Å². The molecule has 1 aliphatic rings. The first-order chi connectivity index (χ1) is 12.4. The molecule has 2 aromatic carbocycles. The number of aryl methyl sites for hydroxylation is 2. The van der Waals surface area contributed by atoms with Gasteiger partial charge in [-0.05, 0) is 36.6 Å². The smallest absolute Gasteiger partial charge is 0.263 e. The van der Waals surface area contributed by atoms with Crippen LogP contribution in [0, 0.1) is 6.92 Å². The molecule has 0 unspecified atom stereocenters. The third kappa shape index (κ3) is 3.22. The number of anilines is 1. The summed E-state index contributed by atoms with van der Waals surface area (Å²) in [5.74, 6) is -1.10. The van der Waals surface area contributed by atoms with E-state index < -0.39 is 11.8 Å². The van der Waals surface area contributed by atoms with Crippen molar-refractivity contribution < 1.29 is 14.4 Å². The van der Waals surface area contributed by atoms with Crippen LogP contribution in [0.2, 0.25) is 5.02 Å². The maximum absolute atomic E-state index is 12.4. The van der Waals surface area contributed by atoms with Crippen LogP contribution < -0.4 is 5.32 Å². The van der Waals surface area contributed by atoms with Crippen LogP contribution in [0.4, 0.5) is 5.69 Å². The number of benzene rings is 2. The Bertz CT molecular complexity index is 908. The second-order valence-electron chi connectivity index (χ2n) is 6.19. The van der Waals surface area contributed by atoms with Crippen molar-refractivity contribution in [1.29, 1.82) is 0 Å². The van der Waals surface area contributed by atoms with Crippen LogP contribution in [0.1, 0.15) is 45.2 Å². The quantitative estimate of drug-likeness (QED) is 0.813. The van der Waals surface area contributed by atoms with E-state index in [1.54, 1.807) is 18.2 Å². The van der Waals surface area contributed by atoms with Gasteiger partial charge in [-0.2, -0.15) is 0 Å². The van der Waals surface area contributed by atoms with Crippen molar-refractivity contribution in [3.8, 4) is 0 Å². The molecule has 1 aliphatic heterocycles. The van der Waals surface area contributed by atoms with Gasteiger partial charge in [-0.15, -0.1) is 0 Å². The summed E-state index contributed by atoms with van der Waals surface area (Å²) in [5, 5.41) is 3.15. The van der Waals surface area contributed by atoms with Crippen LogP contribution >= 0.6 is 11.6 Å². The lowest BCUT2D eigenvalue weighted by Gasteiger charge is -2.16. The zero-order valence-electron chi connectivity index (χ0n) is 14.6. The minimum Gasteiger partial charge on any atom is -0.326 e. The number of hydrogen-bond acceptors (Lipinski definition) is 3. The number of imide groups is 1. The van der Waals surface area contributed by atoms with E-state index in [9.17, 15) is 14.4 Å². The number of nitrogens with one attached hydrogen (secondary N) is 1. The molecule has 0 fully saturated rings. The molecule has 0 aromatic heterocycles. The minimum absolute atomic E-state index is 0.0157. The largest absolute Gasteiger partial charge is 0.326 e. The Morgan fingerprint density at radius 3 is 2.54 bits per heavy atom. The van der Waals surface area contributed by atoms with Crippen molar-refractivity contribution in [1.82, 2.24) is 4.90 Å². The summed E-state index contributed by atoms with van der Waals surface area (Å²) in [4.78, 5) is 38.3. The summed E-state index contributed by atoms with van der Waals surface area (Å²) >= 11 is 6.04. The molecule has 0 spiro atoms. The summed E-state index contributed by atoms with van der Waals surface area (Å²) in [6.45, 7) is 3.97. The van der Waals surface area contributed by atoms with Crippen LogP contribution in [0.3, 0.4) is 0 Å². The van der Waals surface area contributed by atoms with Gasteiger partial charge in [0, 0.05) is 18.7 Å². The van der Waals surface area contributed by atoms with Crippen molar-refractivity contribution in [2.24, 2.45) is 0 Å². The highest BCUT2D eigenvalue weighted by molar-refractivity contribution is 6.37. The Kier molecular flexibility index (Phi) is 5.09. The lowest BCUT2D eigenvalue weighted by Crippen LogP contribution is -2.33. The van der Waals surface area contributed by atoms with Gasteiger partial charge in [0.2, 0.25) is 5.91 Å². The van der Waals surface area contributed by atoms with Crippen molar-refractivity contribution in [2.75, 3.05) is 11.9 Å². The van der Waals surface area contributed by atoms with Crippen molar-refractivity contribution in [3.05, 3.63) is 63.7 Å². The fourth-order valence-electron chi connectivity index (χ4n) is 3.11. The fraction of sp³-hybridized carbons (Fsp3) is 0.250. The van der Waals surface area contributed by atoms with Crippen LogP contribution in [0.25, 0.3) is 0 Å². The van der Waals surface area contributed by atoms with Crippen molar-refractivity contribution >= 4 is 35.0 Å². The van der Waals surface area contributed by atoms with Gasteiger partial charge in [0.05, 0.1) is 16.1 Å². The van der Waals surface area contributed by atoms with Gasteiger partial charge in [0.15, 0.2) is 0 Å². The number of carbonyl (C=O) groups excluding carboxylic acids is 3. The molecule has 3 amide bonds. The van der Waals surface area contributed by atoms with Gasteiger partial charge >= 0.3 is 0 Å². The summed E-state index contributed by atoms with van der Waals surface area (Å²) < 4.78 is 0. The molecule has 0 aliphatic carbocycles. The molecule has 1 heterocycles. The van der Waals surface area contributed by atoms with E-state index in [4.69, 9.17) is 11.6 Å². The maximum Gasteiger partial charge on any atom is 0.263 e. The SMILES string of the molecule is CCc1cccc(C)c1NC(=O)CCN1C(=O)c2cccc(Cl)c2C1=O. The zero-order valence-corrected chi connectivity index (χ0v) is 15.4. The Hall–Kier alpha value is -2.66. The van der Waals surface area contributed by atoms with E-state index in [1.807, 2.05) is 32.0 Å². The lowest BCUT2D eigenvalue weighted by molar-refractivity contribution is -0.116. The van der Waals surface area contributed by atoms with Crippen molar-refractivity contribution in [2.45, 2.75) is 26.7 Å². The Morgan fingerprint density at radius 2 is 1.85 bits per heavy atom. The first kappa shape index (κ1) is 18.1. The van der Waals surface area contributed by atoms with E-state index in [1.165, 1.54) is 0 Å². The van der Waals surface area contributed by atoms with Gasteiger partial charge in [-0.3, -0.25) is 19.3 Å². The topological polar surface area (TPSA) is 66.5 Å². The summed E-state index contributed by atoms with van der Waals surface area (Å²) in [6, 6.07) is 10.6. The van der Waals surface area contributed by atoms with Gasteiger partial charge < -0.3 is 5.32 Å². The van der Waals surface area contributed by atoms with E-state index in [-0.39, 0.29) is 35.0 Å². The van der Waals surface area contributed by atoms with Gasteiger partial charge in [-0.25, -0.2) is 0 Å². The molecule has 26 heavy (non-hydrogen) atoms. The van der Waals surface area contributed by atoms with Crippen LogP contribution in [-0.4, -0.2) is 29.2 Å². The Balaban J connectivity index is 1.69. The standard InChI is InChI=1S/C20H19ClN2O3/c1-3-13-7-4-6-12(2)18(13)22-16(24)10-11-23-19(25)14-8-5-9-15(21)17(14)20(23)26/h4-9H,3,10-11H2,1-2H3,(H,22,24). The number of nitrogens with zero attached hydrogens (tertiary/aromatic N) is 1. The van der Waals surface area contributed by atoms with E-state index in [0.29, 0.717) is 0 Å². The highest BCUT2D eigenvalue weighted by atomic mass is 35.5. The molecule has 0 bridgehead atoms. The summed E-state index contributed by atoms with van der Waals surface area (Å²) in [7, 11) is 0. The number of carbonyl (C=O) groups is 3. The minimum atomic E-state index is -0.450. The number of halogens is 1. The molecular formula is C20H19ClN2O3. The number of para-hydroxylation sites is 1. The normalized spacial score (nSPS) is 13.1. The van der Waals surface area contributed by atoms with Crippen LogP contribution in [0.15, 0.2) is 36.4 Å². The second kappa shape index (κ2) is 7.30. The zero-order chi connectivity index (χ0) is 18.8. The molecule has 0 radical (unpaired) electrons. The fourth-order valence-corrected chi connectivity index (χ4v) is 3.37. The first-order valence-electron chi connectivity index (χ1n) is 8.47. The Morgan fingerprint density at radius 1 is 1.12 bits per heavy atom. The molecule has 2 aromatic rings. The molecule has 0 atom stereocenters. The molecule has 1 N–H and O–H groups in total. The molecular weight excluding hydrogens is 352 g/mol. The van der Waals surface area contributed by atoms with Crippen LogP contribution in [-0.2, 0) is 11.2 Å². The van der Waals surface area contributed by atoms with E-state index in [2.05, 4.69) is 5.32 Å². The highest BCUT2D eigenvalue weighted by Crippen LogP contribution is 2.29. The molecule has 6 heteroatoms. The van der Waals surface area contributed by atoms with Crippen LogP contribution in [0.5, 0.6) is 0 Å². The summed E-state index contributed by atoms with van der Waals surface area (Å²) in [5.41, 5.74) is 3.32. The van der Waals surface area contributed by atoms with Gasteiger partial charge in [0.1, 0.15) is 0 Å². The average molecular weight is 371 g/mol. The second-order valence-corrected chi connectivity index (χ2v) is 6.59. The monoisotopic (exact) mass is 370 g/mol. The van der Waals surface area contributed by atoms with Gasteiger partial charge in [0.25, 0.3) is 11.8 Å². The highest BCUT2D eigenvalue weighted by Gasteiger charge is 2.37. The lowest BCUT2D eigenvalue weighted by atomic mass is 10.1. The predicted octanol–water partition coefficient (Wildman–Crippen LogP) is 3.84. The number of rotatable bonds is 5. The predicted molar refractivity (Wildman–Crippen MR) is 101 cm³/mol. The Labute approximate surface area is 156 Å². The third-order valence-corrected chi connectivity index (χ3v) is 4.83. The molecule has 0 saturated heterocycles. The molecule has 0 saturated carbocycles. The summed E-state index contributed by atoms with van der Waals surface area (Å²) in [6.07, 6.45) is 0.828. The molecule has 3 rings (SSSR count). The third-order valence-electron chi connectivity index (χ3n) is 4.52. The molecule has 134 valence electrons. The number of amides is 3. The average Bonchev–Trinajstić information content (AvgIpc) is 2.86. The first-order valence-corrected chi connectivity index (χ1v) is 8.85. The molecule has 5 nitrogen and oxygen atoms in total. The van der Waals surface area contributed by atoms with E-state index in [0.717, 1.165) is 28.1 Å². The number of hydrogen-bond donors (Lipinski definition) is 1. The number of fused-ring (bicyclic) bond motifs is 1. The maximum atomic E-state index is 12.4. The van der Waals surface area contributed by atoms with Gasteiger partial charge in [-0.1, -0.05) is 42.8 Å².